The Balaban J connectivity index is 1.58. The van der Waals surface area contributed by atoms with Gasteiger partial charge in [0.1, 0.15) is 5.92 Å². The van der Waals surface area contributed by atoms with Gasteiger partial charge < -0.3 is 0 Å². The van der Waals surface area contributed by atoms with Crippen LogP contribution in [-0.2, 0) is 15.6 Å². The first-order valence-electron chi connectivity index (χ1n) is 9.79. The lowest BCUT2D eigenvalue weighted by Gasteiger charge is -2.11. The molecule has 0 unspecified atom stereocenters. The summed E-state index contributed by atoms with van der Waals surface area (Å²) in [6.07, 6.45) is 0. The van der Waals surface area contributed by atoms with Gasteiger partial charge in [-0.25, -0.2) is 8.42 Å². The number of aromatic nitrogens is 1. The third-order valence-corrected chi connectivity index (χ3v) is 7.23. The van der Waals surface area contributed by atoms with E-state index in [1.54, 1.807) is 78.9 Å². The van der Waals surface area contributed by atoms with Crippen LogP contribution in [0.2, 0.25) is 0 Å². The fraction of sp³-hybridized carbons (Fsp3) is 0.0800. The second-order valence-corrected chi connectivity index (χ2v) is 9.49. The van der Waals surface area contributed by atoms with Crippen molar-refractivity contribution >= 4 is 32.3 Å². The van der Waals surface area contributed by atoms with E-state index in [9.17, 15) is 18.0 Å². The number of para-hydroxylation sites is 1. The largest absolute Gasteiger partial charge is 0.293 e. The van der Waals surface area contributed by atoms with Crippen LogP contribution in [0, 0.1) is 0 Å². The van der Waals surface area contributed by atoms with Gasteiger partial charge in [0.15, 0.2) is 21.4 Å². The van der Waals surface area contributed by atoms with Crippen molar-refractivity contribution < 1.29 is 18.0 Å². The lowest BCUT2D eigenvalue weighted by Crippen LogP contribution is -2.15. The molecular weight excluding hydrogens is 410 g/mol. The highest BCUT2D eigenvalue weighted by Gasteiger charge is 2.40. The molecule has 0 N–H and O–H groups in total. The number of sulfone groups is 1. The van der Waals surface area contributed by atoms with Gasteiger partial charge in [0.2, 0.25) is 0 Å². The molecule has 1 aromatic heterocycles. The molecule has 4 aromatic rings. The number of fused-ring (bicyclic) bond motifs is 2. The molecule has 1 heterocycles. The summed E-state index contributed by atoms with van der Waals surface area (Å²) in [6, 6.07) is 23.8. The number of pyridine rings is 1. The minimum Gasteiger partial charge on any atom is -0.293 e. The topological polar surface area (TPSA) is 81.2 Å². The van der Waals surface area contributed by atoms with E-state index in [2.05, 4.69) is 4.98 Å². The zero-order valence-corrected chi connectivity index (χ0v) is 17.2. The molecule has 0 radical (unpaired) electrons. The maximum absolute atomic E-state index is 12.9. The fourth-order valence-electron chi connectivity index (χ4n) is 4.03. The number of ketones is 2. The quantitative estimate of drug-likeness (QED) is 0.452. The van der Waals surface area contributed by atoms with E-state index in [1.807, 2.05) is 6.07 Å². The van der Waals surface area contributed by atoms with E-state index in [4.69, 9.17) is 0 Å². The number of hydrogen-bond acceptors (Lipinski definition) is 5. The van der Waals surface area contributed by atoms with Crippen molar-refractivity contribution in [3.05, 3.63) is 107 Å². The van der Waals surface area contributed by atoms with Gasteiger partial charge in [-0.1, -0.05) is 66.7 Å². The van der Waals surface area contributed by atoms with E-state index >= 15 is 0 Å². The van der Waals surface area contributed by atoms with Crippen LogP contribution in [0.1, 0.15) is 37.9 Å². The lowest BCUT2D eigenvalue weighted by atomic mass is 9.98. The van der Waals surface area contributed by atoms with Crippen molar-refractivity contribution in [1.29, 1.82) is 0 Å². The van der Waals surface area contributed by atoms with Gasteiger partial charge in [0, 0.05) is 16.5 Å². The standard InChI is InChI=1S/C25H17NO4S/c27-24-19-11-4-5-12-20(19)25(28)22(24)21-14-13-16-7-6-8-17(23(16)26-21)15-31(29,30)18-9-2-1-3-10-18/h1-14,22H,15H2. The van der Waals surface area contributed by atoms with Crippen LogP contribution in [-0.4, -0.2) is 25.0 Å². The van der Waals surface area contributed by atoms with E-state index in [0.29, 0.717) is 27.9 Å². The molecule has 152 valence electrons. The van der Waals surface area contributed by atoms with Crippen molar-refractivity contribution in [2.75, 3.05) is 0 Å². The van der Waals surface area contributed by atoms with Crippen molar-refractivity contribution in [3.8, 4) is 0 Å². The Morgan fingerprint density at radius 3 is 2.03 bits per heavy atom. The van der Waals surface area contributed by atoms with E-state index in [0.717, 1.165) is 5.39 Å². The van der Waals surface area contributed by atoms with Crippen LogP contribution in [0.4, 0.5) is 0 Å². The maximum atomic E-state index is 12.9. The van der Waals surface area contributed by atoms with Gasteiger partial charge in [-0.05, 0) is 23.8 Å². The van der Waals surface area contributed by atoms with Gasteiger partial charge in [-0.2, -0.15) is 0 Å². The molecule has 0 atom stereocenters. The Kier molecular flexibility index (Phi) is 4.52. The summed E-state index contributed by atoms with van der Waals surface area (Å²) < 4.78 is 25.8. The number of carbonyl (C=O) groups excluding carboxylic acids is 2. The average molecular weight is 427 g/mol. The molecule has 3 aromatic carbocycles. The predicted molar refractivity (Wildman–Crippen MR) is 117 cm³/mol. The summed E-state index contributed by atoms with van der Waals surface area (Å²) in [4.78, 5) is 30.6. The molecule has 1 aliphatic carbocycles. The number of nitrogens with zero attached hydrogens (tertiary/aromatic N) is 1. The second-order valence-electron chi connectivity index (χ2n) is 7.50. The lowest BCUT2D eigenvalue weighted by molar-refractivity contribution is 0.0888. The maximum Gasteiger partial charge on any atom is 0.182 e. The molecule has 0 bridgehead atoms. The van der Waals surface area contributed by atoms with Crippen LogP contribution >= 0.6 is 0 Å². The summed E-state index contributed by atoms with van der Waals surface area (Å²) >= 11 is 0. The number of rotatable bonds is 4. The van der Waals surface area contributed by atoms with Crippen LogP contribution in [0.25, 0.3) is 10.9 Å². The number of benzene rings is 3. The van der Waals surface area contributed by atoms with Gasteiger partial charge in [-0.15, -0.1) is 0 Å². The predicted octanol–water partition coefficient (Wildman–Crippen LogP) is 4.37. The Morgan fingerprint density at radius 2 is 1.35 bits per heavy atom. The smallest absolute Gasteiger partial charge is 0.182 e. The molecule has 31 heavy (non-hydrogen) atoms. The van der Waals surface area contributed by atoms with E-state index in [1.165, 1.54) is 0 Å². The van der Waals surface area contributed by atoms with Gasteiger partial charge in [0.05, 0.1) is 21.9 Å². The minimum absolute atomic E-state index is 0.225. The molecule has 0 saturated heterocycles. The highest BCUT2D eigenvalue weighted by atomic mass is 32.2. The molecule has 5 rings (SSSR count). The van der Waals surface area contributed by atoms with Crippen molar-refractivity contribution in [2.45, 2.75) is 16.6 Å². The van der Waals surface area contributed by atoms with Crippen molar-refractivity contribution in [1.82, 2.24) is 4.98 Å². The Labute approximate surface area is 179 Å². The van der Waals surface area contributed by atoms with E-state index in [-0.39, 0.29) is 22.2 Å². The van der Waals surface area contributed by atoms with Gasteiger partial charge in [0.25, 0.3) is 0 Å². The molecule has 0 aliphatic heterocycles. The number of Topliss-reactive ketones (excluding diaryl/α,β-unsaturated/α-hetero) is 2. The first-order valence-corrected chi connectivity index (χ1v) is 11.4. The third kappa shape index (κ3) is 3.25. The van der Waals surface area contributed by atoms with Crippen LogP contribution < -0.4 is 0 Å². The average Bonchev–Trinajstić information content (AvgIpc) is 3.04. The molecule has 0 fully saturated rings. The van der Waals surface area contributed by atoms with Gasteiger partial charge in [-0.3, -0.25) is 14.6 Å². The summed E-state index contributed by atoms with van der Waals surface area (Å²) in [5, 5.41) is 0.750. The first kappa shape index (κ1) is 19.3. The normalized spacial score (nSPS) is 14.2. The summed E-state index contributed by atoms with van der Waals surface area (Å²) in [6.45, 7) is 0. The second kappa shape index (κ2) is 7.25. The molecule has 0 spiro atoms. The van der Waals surface area contributed by atoms with Gasteiger partial charge >= 0.3 is 0 Å². The third-order valence-electron chi connectivity index (χ3n) is 5.55. The summed E-state index contributed by atoms with van der Waals surface area (Å²) in [5.74, 6) is -1.78. The van der Waals surface area contributed by atoms with Crippen LogP contribution in [0.15, 0.2) is 89.8 Å². The molecular formula is C25H17NO4S. The van der Waals surface area contributed by atoms with E-state index < -0.39 is 15.8 Å². The van der Waals surface area contributed by atoms with Crippen molar-refractivity contribution in [3.63, 3.8) is 0 Å². The van der Waals surface area contributed by atoms with Crippen LogP contribution in [0.3, 0.4) is 0 Å². The minimum atomic E-state index is -3.58. The fourth-order valence-corrected chi connectivity index (χ4v) is 5.41. The monoisotopic (exact) mass is 427 g/mol. The Hall–Kier alpha value is -3.64. The molecule has 6 heteroatoms. The van der Waals surface area contributed by atoms with Crippen molar-refractivity contribution in [2.24, 2.45) is 0 Å². The molecule has 1 aliphatic rings. The highest BCUT2D eigenvalue weighted by Crippen LogP contribution is 2.34. The zero-order valence-electron chi connectivity index (χ0n) is 16.4. The molecule has 0 amide bonds. The Bertz CT molecular complexity index is 1420. The SMILES string of the molecule is O=C1c2ccccc2C(=O)C1c1ccc2cccc(CS(=O)(=O)c3ccccc3)c2n1. The summed E-state index contributed by atoms with van der Waals surface area (Å²) in [5.41, 5.74) is 2.15. The number of carbonyl (C=O) groups is 2. The summed E-state index contributed by atoms with van der Waals surface area (Å²) in [7, 11) is -3.58. The highest BCUT2D eigenvalue weighted by molar-refractivity contribution is 7.90. The van der Waals surface area contributed by atoms with Crippen LogP contribution in [0.5, 0.6) is 0 Å². The molecule has 5 nitrogen and oxygen atoms in total. The number of hydrogen-bond donors (Lipinski definition) is 0. The first-order chi connectivity index (χ1) is 15.0. The Morgan fingerprint density at radius 1 is 0.710 bits per heavy atom. The molecule has 0 saturated carbocycles. The zero-order chi connectivity index (χ0) is 21.6.